The Morgan fingerprint density at radius 1 is 1.19 bits per heavy atom. The largest absolute Gasteiger partial charge is 0.490 e. The molecule has 0 unspecified atom stereocenters. The van der Waals surface area contributed by atoms with Crippen LogP contribution >= 0.6 is 0 Å². The van der Waals surface area contributed by atoms with Crippen molar-refractivity contribution in [1.29, 1.82) is 0 Å². The number of amides is 1. The van der Waals surface area contributed by atoms with E-state index in [0.717, 1.165) is 28.8 Å². The van der Waals surface area contributed by atoms with Gasteiger partial charge in [0.25, 0.3) is 0 Å². The Morgan fingerprint density at radius 2 is 1.93 bits per heavy atom. The van der Waals surface area contributed by atoms with Crippen molar-refractivity contribution in [2.24, 2.45) is 5.41 Å². The maximum atomic E-state index is 11.4. The number of hydrogen-bond acceptors (Lipinski definition) is 2. The van der Waals surface area contributed by atoms with E-state index in [9.17, 15) is 4.79 Å². The van der Waals surface area contributed by atoms with Gasteiger partial charge in [0, 0.05) is 29.4 Å². The zero-order chi connectivity index (χ0) is 19.2. The molecule has 2 atom stereocenters. The first kappa shape index (κ1) is 17.7. The van der Waals surface area contributed by atoms with Gasteiger partial charge in [0.1, 0.15) is 11.9 Å². The second-order valence-corrected chi connectivity index (χ2v) is 8.22. The van der Waals surface area contributed by atoms with E-state index in [1.54, 1.807) is 0 Å². The number of aryl methyl sites for hydroxylation is 1. The van der Waals surface area contributed by atoms with Crippen molar-refractivity contribution in [3.05, 3.63) is 59.8 Å². The predicted molar refractivity (Wildman–Crippen MR) is 109 cm³/mol. The van der Waals surface area contributed by atoms with E-state index in [0.29, 0.717) is 5.92 Å². The molecule has 1 aliphatic carbocycles. The second-order valence-electron chi connectivity index (χ2n) is 8.22. The lowest BCUT2D eigenvalue weighted by Gasteiger charge is -2.51. The fraction of sp³-hybridized carbons (Fsp3) is 0.348. The molecule has 0 spiro atoms. The number of H-pyrrole nitrogens is 1. The van der Waals surface area contributed by atoms with Gasteiger partial charge >= 0.3 is 0 Å². The number of anilines is 1. The molecule has 1 aliphatic rings. The van der Waals surface area contributed by atoms with Crippen molar-refractivity contribution in [2.45, 2.75) is 46.1 Å². The van der Waals surface area contributed by atoms with Gasteiger partial charge in [-0.05, 0) is 43.0 Å². The minimum absolute atomic E-state index is 0.0722. The van der Waals surface area contributed by atoms with Crippen LogP contribution < -0.4 is 10.1 Å². The van der Waals surface area contributed by atoms with Crippen LogP contribution in [0.3, 0.4) is 0 Å². The van der Waals surface area contributed by atoms with Crippen molar-refractivity contribution in [3.8, 4) is 5.75 Å². The van der Waals surface area contributed by atoms with E-state index in [4.69, 9.17) is 4.74 Å². The summed E-state index contributed by atoms with van der Waals surface area (Å²) < 4.78 is 6.35. The molecule has 27 heavy (non-hydrogen) atoms. The first-order valence-corrected chi connectivity index (χ1v) is 9.46. The molecular weight excluding hydrogens is 336 g/mol. The molecule has 140 valence electrons. The quantitative estimate of drug-likeness (QED) is 0.653. The number of fused-ring (bicyclic) bond motifs is 1. The molecule has 4 rings (SSSR count). The molecule has 0 aliphatic heterocycles. The first-order valence-electron chi connectivity index (χ1n) is 9.46. The van der Waals surface area contributed by atoms with Crippen molar-refractivity contribution in [3.63, 3.8) is 0 Å². The minimum atomic E-state index is -0.0803. The van der Waals surface area contributed by atoms with E-state index in [1.165, 1.54) is 18.1 Å². The van der Waals surface area contributed by atoms with Crippen molar-refractivity contribution >= 4 is 22.5 Å². The lowest BCUT2D eigenvalue weighted by molar-refractivity contribution is -0.114. The Bertz CT molecular complexity index is 985. The van der Waals surface area contributed by atoms with Crippen LogP contribution in [0.4, 0.5) is 5.69 Å². The Hall–Kier alpha value is -2.75. The smallest absolute Gasteiger partial charge is 0.221 e. The Kier molecular flexibility index (Phi) is 4.22. The summed E-state index contributed by atoms with van der Waals surface area (Å²) in [7, 11) is 0. The van der Waals surface area contributed by atoms with Crippen LogP contribution in [0.15, 0.2) is 48.7 Å². The molecule has 2 aromatic carbocycles. The summed E-state index contributed by atoms with van der Waals surface area (Å²) in [6.45, 7) is 8.20. The van der Waals surface area contributed by atoms with Gasteiger partial charge in [0.05, 0.1) is 5.69 Å². The zero-order valence-corrected chi connectivity index (χ0v) is 16.3. The zero-order valence-electron chi connectivity index (χ0n) is 16.3. The number of hydrogen-bond donors (Lipinski definition) is 2. The molecule has 1 aromatic heterocycles. The highest BCUT2D eigenvalue weighted by Gasteiger charge is 2.50. The van der Waals surface area contributed by atoms with Gasteiger partial charge in [-0.2, -0.15) is 0 Å². The van der Waals surface area contributed by atoms with E-state index >= 15 is 0 Å². The third kappa shape index (κ3) is 3.20. The van der Waals surface area contributed by atoms with Crippen LogP contribution in [0.2, 0.25) is 0 Å². The van der Waals surface area contributed by atoms with E-state index in [1.807, 2.05) is 24.4 Å². The third-order valence-electron chi connectivity index (χ3n) is 5.90. The van der Waals surface area contributed by atoms with Crippen LogP contribution in [0, 0.1) is 12.3 Å². The molecule has 1 fully saturated rings. The standard InChI is InChI=1S/C23H26N2O2/c1-14-5-7-16(8-6-14)19-12-22(23(19,3)4)27-17-9-10-20-18(11-17)21(13-24-20)25-15(2)26/h5-11,13,19,22,24H,12H2,1-4H3,(H,25,26)/t19-,22-/m1/s1. The third-order valence-corrected chi connectivity index (χ3v) is 5.90. The number of nitrogens with one attached hydrogen (secondary N) is 2. The summed E-state index contributed by atoms with van der Waals surface area (Å²) in [5.41, 5.74) is 4.52. The summed E-state index contributed by atoms with van der Waals surface area (Å²) in [5.74, 6) is 1.27. The second kappa shape index (κ2) is 6.45. The maximum absolute atomic E-state index is 11.4. The number of ether oxygens (including phenoxy) is 1. The molecule has 1 amide bonds. The average Bonchev–Trinajstić information content (AvgIpc) is 3.01. The SMILES string of the molecule is CC(=O)Nc1c[nH]c2ccc(O[C@@H]3C[C@H](c4ccc(C)cc4)C3(C)C)cc12. The van der Waals surface area contributed by atoms with Crippen molar-refractivity contribution < 1.29 is 9.53 Å². The van der Waals surface area contributed by atoms with Crippen LogP contribution in [0.25, 0.3) is 10.9 Å². The highest BCUT2D eigenvalue weighted by Crippen LogP contribution is 2.54. The molecule has 0 saturated heterocycles. The monoisotopic (exact) mass is 362 g/mol. The number of aromatic amines is 1. The van der Waals surface area contributed by atoms with Crippen molar-refractivity contribution in [1.82, 2.24) is 4.98 Å². The summed E-state index contributed by atoms with van der Waals surface area (Å²) in [6, 6.07) is 14.8. The fourth-order valence-electron chi connectivity index (χ4n) is 4.08. The average molecular weight is 362 g/mol. The summed E-state index contributed by atoms with van der Waals surface area (Å²) in [4.78, 5) is 14.6. The highest BCUT2D eigenvalue weighted by atomic mass is 16.5. The summed E-state index contributed by atoms with van der Waals surface area (Å²) in [6.07, 6.45) is 3.00. The molecule has 2 N–H and O–H groups in total. The van der Waals surface area contributed by atoms with Crippen LogP contribution in [-0.4, -0.2) is 17.0 Å². The summed E-state index contributed by atoms with van der Waals surface area (Å²) >= 11 is 0. The number of carbonyl (C=O) groups excluding carboxylic acids is 1. The molecule has 1 heterocycles. The van der Waals surface area contributed by atoms with Gasteiger partial charge in [0.2, 0.25) is 5.91 Å². The molecule has 1 saturated carbocycles. The van der Waals surface area contributed by atoms with Gasteiger partial charge in [-0.3, -0.25) is 4.79 Å². The molecule has 3 aromatic rings. The van der Waals surface area contributed by atoms with E-state index in [-0.39, 0.29) is 17.4 Å². The Labute approximate surface area is 159 Å². The van der Waals surface area contributed by atoms with E-state index < -0.39 is 0 Å². The lowest BCUT2D eigenvalue weighted by Crippen LogP contribution is -2.50. The topological polar surface area (TPSA) is 54.1 Å². The molecule has 0 radical (unpaired) electrons. The molecular formula is C23H26N2O2. The first-order chi connectivity index (χ1) is 12.8. The number of aromatic nitrogens is 1. The molecule has 4 heteroatoms. The van der Waals surface area contributed by atoms with Gasteiger partial charge in [-0.15, -0.1) is 0 Å². The summed E-state index contributed by atoms with van der Waals surface area (Å²) in [5, 5.41) is 3.83. The normalized spacial score (nSPS) is 20.9. The van der Waals surface area contributed by atoms with Crippen LogP contribution in [0.5, 0.6) is 5.75 Å². The molecule has 4 nitrogen and oxygen atoms in total. The van der Waals surface area contributed by atoms with E-state index in [2.05, 4.69) is 55.3 Å². The minimum Gasteiger partial charge on any atom is -0.490 e. The van der Waals surface area contributed by atoms with Gasteiger partial charge in [0.15, 0.2) is 0 Å². The van der Waals surface area contributed by atoms with Gasteiger partial charge in [-0.25, -0.2) is 0 Å². The fourth-order valence-corrected chi connectivity index (χ4v) is 4.08. The number of carbonyl (C=O) groups is 1. The Balaban J connectivity index is 1.52. The van der Waals surface area contributed by atoms with Crippen molar-refractivity contribution in [2.75, 3.05) is 5.32 Å². The Morgan fingerprint density at radius 3 is 2.59 bits per heavy atom. The highest BCUT2D eigenvalue weighted by molar-refractivity contribution is 6.01. The predicted octanol–water partition coefficient (Wildman–Crippen LogP) is 5.40. The van der Waals surface area contributed by atoms with Crippen LogP contribution in [-0.2, 0) is 4.79 Å². The van der Waals surface area contributed by atoms with Gasteiger partial charge in [-0.1, -0.05) is 43.7 Å². The van der Waals surface area contributed by atoms with Crippen LogP contribution in [0.1, 0.15) is 44.2 Å². The maximum Gasteiger partial charge on any atom is 0.221 e. The number of benzene rings is 2. The molecule has 0 bridgehead atoms. The lowest BCUT2D eigenvalue weighted by atomic mass is 9.57. The number of rotatable bonds is 4. The van der Waals surface area contributed by atoms with Gasteiger partial charge < -0.3 is 15.0 Å².